The average molecular weight is 352 g/mol. The van der Waals surface area contributed by atoms with Gasteiger partial charge in [-0.05, 0) is 29.6 Å². The zero-order valence-electron chi connectivity index (χ0n) is 11.8. The minimum absolute atomic E-state index is 0.0271. The first-order valence-electron chi connectivity index (χ1n) is 6.72. The van der Waals surface area contributed by atoms with Crippen molar-refractivity contribution < 1.29 is 9.18 Å². The number of benzene rings is 1. The van der Waals surface area contributed by atoms with Crippen molar-refractivity contribution in [3.63, 3.8) is 0 Å². The SMILES string of the molecule is O=C(CCn1cnc2sccc2c1=O)Nc1ccc(Cl)cc1F. The molecular weight excluding hydrogens is 341 g/mol. The van der Waals surface area contributed by atoms with Crippen LogP contribution in [0.1, 0.15) is 6.42 Å². The molecule has 0 bridgehead atoms. The van der Waals surface area contributed by atoms with Crippen LogP contribution in [0.2, 0.25) is 5.02 Å². The monoisotopic (exact) mass is 351 g/mol. The van der Waals surface area contributed by atoms with E-state index in [-0.39, 0.29) is 29.2 Å². The number of hydrogen-bond acceptors (Lipinski definition) is 4. The molecule has 0 saturated heterocycles. The third-order valence-electron chi connectivity index (χ3n) is 3.24. The molecule has 118 valence electrons. The van der Waals surface area contributed by atoms with E-state index < -0.39 is 11.7 Å². The Morgan fingerprint density at radius 2 is 2.22 bits per heavy atom. The molecule has 1 N–H and O–H groups in total. The molecule has 0 unspecified atom stereocenters. The summed E-state index contributed by atoms with van der Waals surface area (Å²) < 4.78 is 15.0. The van der Waals surface area contributed by atoms with Crippen LogP contribution in [0.25, 0.3) is 10.2 Å². The Morgan fingerprint density at radius 1 is 1.39 bits per heavy atom. The van der Waals surface area contributed by atoms with Crippen LogP contribution >= 0.6 is 22.9 Å². The highest BCUT2D eigenvalue weighted by Gasteiger charge is 2.10. The van der Waals surface area contributed by atoms with Crippen LogP contribution in [-0.2, 0) is 11.3 Å². The number of rotatable bonds is 4. The molecule has 0 saturated carbocycles. The number of halogens is 2. The number of thiophene rings is 1. The molecule has 0 aliphatic carbocycles. The number of amides is 1. The van der Waals surface area contributed by atoms with Gasteiger partial charge in [0.2, 0.25) is 5.91 Å². The van der Waals surface area contributed by atoms with Crippen LogP contribution in [0.4, 0.5) is 10.1 Å². The van der Waals surface area contributed by atoms with Crippen LogP contribution in [-0.4, -0.2) is 15.5 Å². The van der Waals surface area contributed by atoms with Gasteiger partial charge in [-0.3, -0.25) is 14.2 Å². The lowest BCUT2D eigenvalue weighted by Crippen LogP contribution is -2.23. The summed E-state index contributed by atoms with van der Waals surface area (Å²) in [6.07, 6.45) is 1.44. The Kier molecular flexibility index (Phi) is 4.40. The Bertz CT molecular complexity index is 938. The summed E-state index contributed by atoms with van der Waals surface area (Å²) >= 11 is 7.04. The smallest absolute Gasteiger partial charge is 0.262 e. The van der Waals surface area contributed by atoms with Gasteiger partial charge in [0.05, 0.1) is 17.4 Å². The fraction of sp³-hybridized carbons (Fsp3) is 0.133. The highest BCUT2D eigenvalue weighted by molar-refractivity contribution is 7.16. The van der Waals surface area contributed by atoms with Crippen LogP contribution in [0.3, 0.4) is 0 Å². The second-order valence-corrected chi connectivity index (χ2v) is 6.14. The molecule has 23 heavy (non-hydrogen) atoms. The van der Waals surface area contributed by atoms with E-state index in [0.717, 1.165) is 6.07 Å². The first kappa shape index (κ1) is 15.6. The molecule has 3 rings (SSSR count). The zero-order chi connectivity index (χ0) is 16.4. The Balaban J connectivity index is 1.68. The molecule has 1 amide bonds. The van der Waals surface area contributed by atoms with E-state index in [1.807, 2.05) is 0 Å². The molecule has 0 spiro atoms. The normalized spacial score (nSPS) is 10.9. The summed E-state index contributed by atoms with van der Waals surface area (Å²) in [5, 5.41) is 5.03. The third kappa shape index (κ3) is 3.40. The summed E-state index contributed by atoms with van der Waals surface area (Å²) in [7, 11) is 0. The maximum absolute atomic E-state index is 13.6. The van der Waals surface area contributed by atoms with Gasteiger partial charge in [-0.15, -0.1) is 11.3 Å². The number of fused-ring (bicyclic) bond motifs is 1. The Labute approximate surface area is 139 Å². The van der Waals surface area contributed by atoms with E-state index in [4.69, 9.17) is 11.6 Å². The van der Waals surface area contributed by atoms with Crippen molar-refractivity contribution >= 4 is 44.7 Å². The lowest BCUT2D eigenvalue weighted by atomic mass is 10.3. The van der Waals surface area contributed by atoms with E-state index >= 15 is 0 Å². The minimum atomic E-state index is -0.607. The van der Waals surface area contributed by atoms with E-state index in [9.17, 15) is 14.0 Å². The standard InChI is InChI=1S/C15H11ClFN3O2S/c16-9-1-2-12(11(17)7-9)19-13(21)3-5-20-8-18-14-10(15(20)22)4-6-23-14/h1-2,4,6-8H,3,5H2,(H,19,21). The second kappa shape index (κ2) is 6.47. The van der Waals surface area contributed by atoms with Gasteiger partial charge in [0, 0.05) is 18.0 Å². The summed E-state index contributed by atoms with van der Waals surface area (Å²) in [6.45, 7) is 0.165. The molecule has 0 aliphatic heterocycles. The molecule has 0 atom stereocenters. The van der Waals surface area contributed by atoms with Crippen molar-refractivity contribution in [3.8, 4) is 0 Å². The largest absolute Gasteiger partial charge is 0.324 e. The molecule has 0 fully saturated rings. The quantitative estimate of drug-likeness (QED) is 0.784. The number of aromatic nitrogens is 2. The minimum Gasteiger partial charge on any atom is -0.324 e. The first-order chi connectivity index (χ1) is 11.0. The van der Waals surface area contributed by atoms with Crippen molar-refractivity contribution in [2.24, 2.45) is 0 Å². The molecule has 5 nitrogen and oxygen atoms in total. The van der Waals surface area contributed by atoms with Crippen LogP contribution in [0.15, 0.2) is 40.8 Å². The van der Waals surface area contributed by atoms with Gasteiger partial charge >= 0.3 is 0 Å². The van der Waals surface area contributed by atoms with E-state index in [1.54, 1.807) is 11.4 Å². The number of hydrogen-bond donors (Lipinski definition) is 1. The number of carbonyl (C=O) groups is 1. The van der Waals surface area contributed by atoms with Crippen molar-refractivity contribution in [1.82, 2.24) is 9.55 Å². The van der Waals surface area contributed by atoms with E-state index in [1.165, 1.54) is 34.4 Å². The molecule has 2 aromatic heterocycles. The lowest BCUT2D eigenvalue weighted by Gasteiger charge is -2.08. The van der Waals surface area contributed by atoms with Crippen LogP contribution in [0.5, 0.6) is 0 Å². The molecular formula is C15H11ClFN3O2S. The number of anilines is 1. The average Bonchev–Trinajstić information content (AvgIpc) is 2.99. The Hall–Kier alpha value is -2.25. The number of carbonyl (C=O) groups excluding carboxylic acids is 1. The second-order valence-electron chi connectivity index (χ2n) is 4.80. The van der Waals surface area contributed by atoms with Crippen LogP contribution in [0, 0.1) is 5.82 Å². The summed E-state index contributed by atoms with van der Waals surface area (Å²) in [5.41, 5.74) is -0.139. The first-order valence-corrected chi connectivity index (χ1v) is 7.98. The molecule has 3 aromatic rings. The van der Waals surface area contributed by atoms with E-state index in [2.05, 4.69) is 10.3 Å². The van der Waals surface area contributed by atoms with Gasteiger partial charge in [-0.1, -0.05) is 11.6 Å². The lowest BCUT2D eigenvalue weighted by molar-refractivity contribution is -0.116. The third-order valence-corrected chi connectivity index (χ3v) is 4.29. The zero-order valence-corrected chi connectivity index (χ0v) is 13.3. The fourth-order valence-corrected chi connectivity index (χ4v) is 2.96. The summed E-state index contributed by atoms with van der Waals surface area (Å²) in [4.78, 5) is 28.9. The number of nitrogens with zero attached hydrogens (tertiary/aromatic N) is 2. The van der Waals surface area contributed by atoms with Gasteiger partial charge in [0.1, 0.15) is 10.6 Å². The highest BCUT2D eigenvalue weighted by Crippen LogP contribution is 2.19. The predicted octanol–water partition coefficient (Wildman–Crippen LogP) is 3.28. The maximum atomic E-state index is 13.6. The summed E-state index contributed by atoms with van der Waals surface area (Å²) in [5.74, 6) is -1.01. The maximum Gasteiger partial charge on any atom is 0.262 e. The van der Waals surface area contributed by atoms with Crippen molar-refractivity contribution in [1.29, 1.82) is 0 Å². The van der Waals surface area contributed by atoms with Crippen molar-refractivity contribution in [3.05, 3.63) is 57.2 Å². The van der Waals surface area contributed by atoms with Crippen molar-refractivity contribution in [2.45, 2.75) is 13.0 Å². The van der Waals surface area contributed by atoms with Gasteiger partial charge < -0.3 is 5.32 Å². The molecule has 0 aliphatic rings. The predicted molar refractivity (Wildman–Crippen MR) is 88.5 cm³/mol. The van der Waals surface area contributed by atoms with Gasteiger partial charge in [-0.2, -0.15) is 0 Å². The summed E-state index contributed by atoms with van der Waals surface area (Å²) in [6, 6.07) is 5.70. The molecule has 0 radical (unpaired) electrons. The van der Waals surface area contributed by atoms with Gasteiger partial charge in [0.15, 0.2) is 0 Å². The number of aryl methyl sites for hydroxylation is 1. The molecule has 1 aromatic carbocycles. The van der Waals surface area contributed by atoms with E-state index in [0.29, 0.717) is 10.2 Å². The highest BCUT2D eigenvalue weighted by atomic mass is 35.5. The van der Waals surface area contributed by atoms with Crippen LogP contribution < -0.4 is 10.9 Å². The topological polar surface area (TPSA) is 64.0 Å². The van der Waals surface area contributed by atoms with Gasteiger partial charge in [-0.25, -0.2) is 9.37 Å². The fourth-order valence-electron chi connectivity index (χ4n) is 2.08. The number of nitrogens with one attached hydrogen (secondary N) is 1. The Morgan fingerprint density at radius 3 is 3.00 bits per heavy atom. The molecule has 2 heterocycles. The van der Waals surface area contributed by atoms with Crippen molar-refractivity contribution in [2.75, 3.05) is 5.32 Å². The van der Waals surface area contributed by atoms with Gasteiger partial charge in [0.25, 0.3) is 5.56 Å². The molecule has 8 heteroatoms.